The molecule has 1 aromatic carbocycles. The highest BCUT2D eigenvalue weighted by molar-refractivity contribution is 6.36. The Hall–Kier alpha value is -1.32. The minimum atomic E-state index is -0.909. The van der Waals surface area contributed by atoms with Gasteiger partial charge in [-0.05, 0) is 30.7 Å². The number of carboxylic acids is 1. The Bertz CT molecular complexity index is 598. The Balaban J connectivity index is 2.66. The zero-order chi connectivity index (χ0) is 12.6. The van der Waals surface area contributed by atoms with Gasteiger partial charge in [0.1, 0.15) is 5.15 Å². The van der Waals surface area contributed by atoms with Gasteiger partial charge in [0.2, 0.25) is 0 Å². The number of hydrogen-bond donors (Lipinski definition) is 1. The van der Waals surface area contributed by atoms with Crippen LogP contribution >= 0.6 is 23.2 Å². The minimum Gasteiger partial charge on any atom is -0.481 e. The highest BCUT2D eigenvalue weighted by Gasteiger charge is 2.18. The van der Waals surface area contributed by atoms with Gasteiger partial charge in [-0.15, -0.1) is 0 Å². The van der Waals surface area contributed by atoms with Crippen LogP contribution in [-0.4, -0.2) is 16.1 Å². The summed E-state index contributed by atoms with van der Waals surface area (Å²) in [5, 5.41) is 10.5. The molecule has 1 aromatic heterocycles. The summed E-state index contributed by atoms with van der Waals surface area (Å²) in [7, 11) is 0. The van der Waals surface area contributed by atoms with E-state index in [1.54, 1.807) is 31.2 Å². The molecule has 0 fully saturated rings. The number of nitrogens with zero attached hydrogens (tertiary/aromatic N) is 1. The third-order valence-corrected chi connectivity index (χ3v) is 3.27. The number of fused-ring (bicyclic) bond motifs is 1. The molecule has 1 unspecified atom stereocenters. The molecule has 88 valence electrons. The smallest absolute Gasteiger partial charge is 0.310 e. The largest absolute Gasteiger partial charge is 0.481 e. The molecule has 0 aliphatic heterocycles. The summed E-state index contributed by atoms with van der Waals surface area (Å²) in [6.45, 7) is 1.60. The molecule has 17 heavy (non-hydrogen) atoms. The Morgan fingerprint density at radius 2 is 2.00 bits per heavy atom. The van der Waals surface area contributed by atoms with Gasteiger partial charge in [0, 0.05) is 5.39 Å². The van der Waals surface area contributed by atoms with Crippen LogP contribution in [0, 0.1) is 0 Å². The van der Waals surface area contributed by atoms with Crippen LogP contribution in [0.4, 0.5) is 0 Å². The van der Waals surface area contributed by atoms with Gasteiger partial charge in [-0.1, -0.05) is 29.3 Å². The SMILES string of the molecule is CC(C(=O)O)c1ccc2nc(Cl)ccc2c1Cl. The second kappa shape index (κ2) is 4.51. The van der Waals surface area contributed by atoms with Gasteiger partial charge in [0.25, 0.3) is 0 Å². The molecule has 0 saturated carbocycles. The van der Waals surface area contributed by atoms with Crippen molar-refractivity contribution >= 4 is 40.1 Å². The maximum atomic E-state index is 10.9. The van der Waals surface area contributed by atoms with Gasteiger partial charge in [-0.3, -0.25) is 4.79 Å². The number of aromatic nitrogens is 1. The predicted octanol–water partition coefficient (Wildman–Crippen LogP) is 3.73. The standard InChI is InChI=1S/C12H9Cl2NO2/c1-6(12(16)17)7-2-4-9-8(11(7)14)3-5-10(13)15-9/h2-6H,1H3,(H,16,17). The first-order valence-corrected chi connectivity index (χ1v) is 5.73. The average Bonchev–Trinajstić information content (AvgIpc) is 2.28. The minimum absolute atomic E-state index is 0.382. The first-order chi connectivity index (χ1) is 8.00. The maximum absolute atomic E-state index is 10.9. The van der Waals surface area contributed by atoms with Gasteiger partial charge >= 0.3 is 5.97 Å². The maximum Gasteiger partial charge on any atom is 0.310 e. The molecule has 0 radical (unpaired) electrons. The summed E-state index contributed by atoms with van der Waals surface area (Å²) >= 11 is 12.0. The fraction of sp³-hybridized carbons (Fsp3) is 0.167. The Kier molecular flexibility index (Phi) is 3.22. The van der Waals surface area contributed by atoms with E-state index in [1.165, 1.54) is 0 Å². The van der Waals surface area contributed by atoms with E-state index in [0.29, 0.717) is 26.6 Å². The molecule has 3 nitrogen and oxygen atoms in total. The summed E-state index contributed by atoms with van der Waals surface area (Å²) in [5.74, 6) is -1.56. The molecule has 1 heterocycles. The lowest BCUT2D eigenvalue weighted by Gasteiger charge is -2.11. The van der Waals surface area contributed by atoms with Gasteiger partial charge in [-0.2, -0.15) is 0 Å². The van der Waals surface area contributed by atoms with Crippen molar-refractivity contribution in [1.29, 1.82) is 0 Å². The number of hydrogen-bond acceptors (Lipinski definition) is 2. The molecule has 2 rings (SSSR count). The zero-order valence-corrected chi connectivity index (χ0v) is 10.5. The van der Waals surface area contributed by atoms with Crippen molar-refractivity contribution in [2.45, 2.75) is 12.8 Å². The molecular weight excluding hydrogens is 261 g/mol. The summed E-state index contributed by atoms with van der Waals surface area (Å²) < 4.78 is 0. The highest BCUT2D eigenvalue weighted by atomic mass is 35.5. The first kappa shape index (κ1) is 12.1. The Labute approximate surface area is 108 Å². The fourth-order valence-electron chi connectivity index (χ4n) is 1.63. The second-order valence-electron chi connectivity index (χ2n) is 3.73. The van der Waals surface area contributed by atoms with Crippen LogP contribution in [0.2, 0.25) is 10.2 Å². The Morgan fingerprint density at radius 1 is 1.29 bits per heavy atom. The highest BCUT2D eigenvalue weighted by Crippen LogP contribution is 2.31. The van der Waals surface area contributed by atoms with Crippen molar-refractivity contribution in [3.8, 4) is 0 Å². The summed E-state index contributed by atoms with van der Waals surface area (Å²) in [6, 6.07) is 6.77. The van der Waals surface area contributed by atoms with E-state index in [-0.39, 0.29) is 0 Å². The van der Waals surface area contributed by atoms with Crippen LogP contribution in [-0.2, 0) is 4.79 Å². The monoisotopic (exact) mass is 269 g/mol. The third kappa shape index (κ3) is 2.21. The van der Waals surface area contributed by atoms with Gasteiger partial charge in [0.15, 0.2) is 0 Å². The number of aliphatic carboxylic acids is 1. The number of pyridine rings is 1. The van der Waals surface area contributed by atoms with Crippen LogP contribution in [0.3, 0.4) is 0 Å². The van der Waals surface area contributed by atoms with Gasteiger partial charge in [-0.25, -0.2) is 4.98 Å². The van der Waals surface area contributed by atoms with Crippen LogP contribution in [0.15, 0.2) is 24.3 Å². The number of rotatable bonds is 2. The third-order valence-electron chi connectivity index (χ3n) is 2.64. The molecule has 1 atom stereocenters. The van der Waals surface area contributed by atoms with E-state index >= 15 is 0 Å². The number of halogens is 2. The summed E-state index contributed by atoms with van der Waals surface area (Å²) in [6.07, 6.45) is 0. The topological polar surface area (TPSA) is 50.2 Å². The van der Waals surface area contributed by atoms with Crippen LogP contribution in [0.1, 0.15) is 18.4 Å². The van der Waals surface area contributed by atoms with Gasteiger partial charge < -0.3 is 5.11 Å². The van der Waals surface area contributed by atoms with E-state index in [1.807, 2.05) is 0 Å². The van der Waals surface area contributed by atoms with E-state index in [9.17, 15) is 4.79 Å². The van der Waals surface area contributed by atoms with Gasteiger partial charge in [0.05, 0.1) is 16.5 Å². The molecule has 0 bridgehead atoms. The number of carboxylic acid groups (broad SMARTS) is 1. The molecule has 5 heteroatoms. The van der Waals surface area contributed by atoms with Crippen molar-refractivity contribution in [2.24, 2.45) is 0 Å². The molecule has 0 aliphatic carbocycles. The Morgan fingerprint density at radius 3 is 2.65 bits per heavy atom. The average molecular weight is 270 g/mol. The van der Waals surface area contributed by atoms with Crippen molar-refractivity contribution in [3.63, 3.8) is 0 Å². The summed E-state index contributed by atoms with van der Waals surface area (Å²) in [5.41, 5.74) is 1.24. The van der Waals surface area contributed by atoms with Crippen molar-refractivity contribution in [1.82, 2.24) is 4.98 Å². The molecule has 2 aromatic rings. The molecule has 0 amide bonds. The van der Waals surface area contributed by atoms with E-state index in [0.717, 1.165) is 0 Å². The normalized spacial score (nSPS) is 12.6. The lowest BCUT2D eigenvalue weighted by molar-refractivity contribution is -0.138. The molecule has 1 N–H and O–H groups in total. The van der Waals surface area contributed by atoms with Crippen LogP contribution < -0.4 is 0 Å². The van der Waals surface area contributed by atoms with Crippen LogP contribution in [0.5, 0.6) is 0 Å². The predicted molar refractivity (Wildman–Crippen MR) is 67.8 cm³/mol. The van der Waals surface area contributed by atoms with Crippen LogP contribution in [0.25, 0.3) is 10.9 Å². The zero-order valence-electron chi connectivity index (χ0n) is 8.95. The quantitative estimate of drug-likeness (QED) is 0.846. The molecular formula is C12H9Cl2NO2. The lowest BCUT2D eigenvalue weighted by atomic mass is 9.99. The van der Waals surface area contributed by atoms with E-state index in [2.05, 4.69) is 4.98 Å². The van der Waals surface area contributed by atoms with E-state index < -0.39 is 11.9 Å². The van der Waals surface area contributed by atoms with E-state index in [4.69, 9.17) is 28.3 Å². The molecule has 0 aliphatic rings. The number of benzene rings is 1. The molecule has 0 spiro atoms. The molecule has 0 saturated heterocycles. The van der Waals surface area contributed by atoms with Crippen molar-refractivity contribution < 1.29 is 9.90 Å². The first-order valence-electron chi connectivity index (χ1n) is 4.98. The number of carbonyl (C=O) groups is 1. The fourth-order valence-corrected chi connectivity index (χ4v) is 2.17. The van der Waals surface area contributed by atoms with Crippen molar-refractivity contribution in [3.05, 3.63) is 40.0 Å². The summed E-state index contributed by atoms with van der Waals surface area (Å²) in [4.78, 5) is 15.1. The van der Waals surface area contributed by atoms with Crippen molar-refractivity contribution in [2.75, 3.05) is 0 Å². The lowest BCUT2D eigenvalue weighted by Crippen LogP contribution is -2.08. The second-order valence-corrected chi connectivity index (χ2v) is 4.49.